The summed E-state index contributed by atoms with van der Waals surface area (Å²) in [7, 11) is 0. The van der Waals surface area contributed by atoms with E-state index in [0.29, 0.717) is 32.2 Å². The monoisotopic (exact) mass is 295 g/mol. The topological polar surface area (TPSA) is 66.7 Å². The molecule has 114 valence electrons. The number of amides is 1. The number of hydrogen-bond donors (Lipinski definition) is 0. The van der Waals surface area contributed by atoms with Crippen molar-refractivity contribution < 1.29 is 14.1 Å². The first kappa shape index (κ1) is 15.4. The molecular formula is C14H18FN3O3. The molecule has 1 fully saturated rings. The van der Waals surface area contributed by atoms with Crippen molar-refractivity contribution in [3.8, 4) is 0 Å². The number of nitrogens with zero attached hydrogens (tertiary/aromatic N) is 3. The molecule has 0 aliphatic carbocycles. The van der Waals surface area contributed by atoms with Crippen LogP contribution >= 0.6 is 0 Å². The van der Waals surface area contributed by atoms with Crippen LogP contribution in [0.4, 0.5) is 10.1 Å². The molecule has 0 atom stereocenters. The Balaban J connectivity index is 2.18. The molecule has 0 spiro atoms. The van der Waals surface area contributed by atoms with E-state index in [-0.39, 0.29) is 11.3 Å². The lowest BCUT2D eigenvalue weighted by atomic mass is 10.1. The van der Waals surface area contributed by atoms with E-state index in [2.05, 4.69) is 18.7 Å². The fourth-order valence-corrected chi connectivity index (χ4v) is 2.45. The van der Waals surface area contributed by atoms with Crippen molar-refractivity contribution in [2.45, 2.75) is 19.9 Å². The molecule has 1 amide bonds. The maximum Gasteiger partial charge on any atom is 0.282 e. The Morgan fingerprint density at radius 1 is 1.29 bits per heavy atom. The normalized spacial score (nSPS) is 16.3. The Morgan fingerprint density at radius 2 is 1.90 bits per heavy atom. The van der Waals surface area contributed by atoms with Gasteiger partial charge >= 0.3 is 0 Å². The van der Waals surface area contributed by atoms with Crippen LogP contribution in [0.25, 0.3) is 0 Å². The minimum atomic E-state index is -0.656. The van der Waals surface area contributed by atoms with E-state index in [9.17, 15) is 19.3 Å². The van der Waals surface area contributed by atoms with Gasteiger partial charge in [-0.3, -0.25) is 19.8 Å². The lowest BCUT2D eigenvalue weighted by molar-refractivity contribution is -0.385. The summed E-state index contributed by atoms with van der Waals surface area (Å²) in [5.74, 6) is -1.13. The lowest BCUT2D eigenvalue weighted by Gasteiger charge is -2.36. The van der Waals surface area contributed by atoms with E-state index in [1.807, 2.05) is 0 Å². The Morgan fingerprint density at radius 3 is 2.43 bits per heavy atom. The van der Waals surface area contributed by atoms with Gasteiger partial charge in [-0.2, -0.15) is 0 Å². The second kappa shape index (κ2) is 6.17. The molecule has 1 aliphatic heterocycles. The van der Waals surface area contributed by atoms with Crippen molar-refractivity contribution in [3.05, 3.63) is 39.7 Å². The van der Waals surface area contributed by atoms with Crippen molar-refractivity contribution in [3.63, 3.8) is 0 Å². The molecule has 0 radical (unpaired) electrons. The van der Waals surface area contributed by atoms with Gasteiger partial charge in [0.15, 0.2) is 0 Å². The van der Waals surface area contributed by atoms with Crippen LogP contribution in [0.2, 0.25) is 0 Å². The number of rotatable bonds is 3. The summed E-state index contributed by atoms with van der Waals surface area (Å²) >= 11 is 0. The summed E-state index contributed by atoms with van der Waals surface area (Å²) in [4.78, 5) is 26.5. The number of benzene rings is 1. The van der Waals surface area contributed by atoms with Gasteiger partial charge in [0.05, 0.1) is 4.92 Å². The van der Waals surface area contributed by atoms with Crippen LogP contribution < -0.4 is 0 Å². The first-order valence-electron chi connectivity index (χ1n) is 6.87. The zero-order valence-corrected chi connectivity index (χ0v) is 12.1. The van der Waals surface area contributed by atoms with Gasteiger partial charge in [-0.1, -0.05) is 0 Å². The minimum Gasteiger partial charge on any atom is -0.336 e. The number of carbonyl (C=O) groups is 1. The first-order valence-corrected chi connectivity index (χ1v) is 6.87. The molecule has 7 heteroatoms. The van der Waals surface area contributed by atoms with Crippen molar-refractivity contribution in [2.75, 3.05) is 26.2 Å². The summed E-state index contributed by atoms with van der Waals surface area (Å²) in [5, 5.41) is 11.0. The summed E-state index contributed by atoms with van der Waals surface area (Å²) < 4.78 is 13.3. The summed E-state index contributed by atoms with van der Waals surface area (Å²) in [6.45, 7) is 6.57. The van der Waals surface area contributed by atoms with Crippen molar-refractivity contribution in [1.82, 2.24) is 9.80 Å². The van der Waals surface area contributed by atoms with E-state index in [4.69, 9.17) is 0 Å². The van der Waals surface area contributed by atoms with Gasteiger partial charge < -0.3 is 4.90 Å². The van der Waals surface area contributed by atoms with Gasteiger partial charge in [-0.15, -0.1) is 0 Å². The average molecular weight is 295 g/mol. The second-order valence-corrected chi connectivity index (χ2v) is 5.34. The second-order valence-electron chi connectivity index (χ2n) is 5.34. The maximum absolute atomic E-state index is 13.3. The predicted molar refractivity (Wildman–Crippen MR) is 75.7 cm³/mol. The highest BCUT2D eigenvalue weighted by Crippen LogP contribution is 2.22. The van der Waals surface area contributed by atoms with E-state index in [0.717, 1.165) is 18.2 Å². The van der Waals surface area contributed by atoms with Gasteiger partial charge in [-0.25, -0.2) is 4.39 Å². The highest BCUT2D eigenvalue weighted by atomic mass is 19.1. The van der Waals surface area contributed by atoms with Crippen LogP contribution in [-0.2, 0) is 0 Å². The largest absolute Gasteiger partial charge is 0.336 e. The Labute approximate surface area is 122 Å². The molecule has 1 aromatic carbocycles. The standard InChI is InChI=1S/C14H18FN3O3/c1-10(2)16-5-7-17(8-6-16)14(19)12-9-11(15)3-4-13(12)18(20)21/h3-4,9-10H,5-8H2,1-2H3. The minimum absolute atomic E-state index is 0.182. The zero-order chi connectivity index (χ0) is 15.6. The third-order valence-electron chi connectivity index (χ3n) is 3.72. The van der Waals surface area contributed by atoms with E-state index in [1.165, 1.54) is 0 Å². The maximum atomic E-state index is 13.3. The molecule has 1 heterocycles. The molecule has 6 nitrogen and oxygen atoms in total. The fraction of sp³-hybridized carbons (Fsp3) is 0.500. The molecule has 1 aromatic rings. The number of piperazine rings is 1. The SMILES string of the molecule is CC(C)N1CCN(C(=O)c2cc(F)ccc2[N+](=O)[O-])CC1. The molecule has 1 aliphatic rings. The summed E-state index contributed by atoms with van der Waals surface area (Å²) in [6.07, 6.45) is 0. The van der Waals surface area contributed by atoms with Crippen molar-refractivity contribution in [1.29, 1.82) is 0 Å². The van der Waals surface area contributed by atoms with E-state index in [1.54, 1.807) is 4.90 Å². The Kier molecular flexibility index (Phi) is 4.52. The summed E-state index contributed by atoms with van der Waals surface area (Å²) in [5.41, 5.74) is -0.536. The van der Waals surface area contributed by atoms with Crippen LogP contribution in [0.15, 0.2) is 18.2 Å². The number of hydrogen-bond acceptors (Lipinski definition) is 4. The van der Waals surface area contributed by atoms with Gasteiger partial charge in [0.1, 0.15) is 11.4 Å². The van der Waals surface area contributed by atoms with E-state index < -0.39 is 16.6 Å². The third kappa shape index (κ3) is 3.36. The van der Waals surface area contributed by atoms with Crippen molar-refractivity contribution >= 4 is 11.6 Å². The van der Waals surface area contributed by atoms with Gasteiger partial charge in [0, 0.05) is 38.3 Å². The van der Waals surface area contributed by atoms with Crippen molar-refractivity contribution in [2.24, 2.45) is 0 Å². The van der Waals surface area contributed by atoms with Gasteiger partial charge in [-0.05, 0) is 26.0 Å². The van der Waals surface area contributed by atoms with Crippen LogP contribution in [0, 0.1) is 15.9 Å². The number of nitro groups is 1. The zero-order valence-electron chi connectivity index (χ0n) is 12.1. The number of nitro benzene ring substituents is 1. The first-order chi connectivity index (χ1) is 9.90. The molecule has 0 unspecified atom stereocenters. The number of carbonyl (C=O) groups excluding carboxylic acids is 1. The van der Waals surface area contributed by atoms with Crippen LogP contribution in [0.1, 0.15) is 24.2 Å². The van der Waals surface area contributed by atoms with Gasteiger partial charge in [0.2, 0.25) is 0 Å². The molecule has 2 rings (SSSR count). The molecule has 21 heavy (non-hydrogen) atoms. The Hall–Kier alpha value is -2.02. The molecule has 0 N–H and O–H groups in total. The molecule has 1 saturated heterocycles. The number of halogens is 1. The smallest absolute Gasteiger partial charge is 0.282 e. The van der Waals surface area contributed by atoms with Gasteiger partial charge in [0.25, 0.3) is 11.6 Å². The predicted octanol–water partition coefficient (Wildman–Crippen LogP) is 1.90. The average Bonchev–Trinajstić information content (AvgIpc) is 2.46. The van der Waals surface area contributed by atoms with Crippen LogP contribution in [0.3, 0.4) is 0 Å². The fourth-order valence-electron chi connectivity index (χ4n) is 2.45. The third-order valence-corrected chi connectivity index (χ3v) is 3.72. The molecule has 0 saturated carbocycles. The lowest BCUT2D eigenvalue weighted by Crippen LogP contribution is -2.50. The highest BCUT2D eigenvalue weighted by molar-refractivity contribution is 5.98. The molecule has 0 aromatic heterocycles. The Bertz CT molecular complexity index is 554. The van der Waals surface area contributed by atoms with Crippen LogP contribution in [-0.4, -0.2) is 52.9 Å². The summed E-state index contributed by atoms with van der Waals surface area (Å²) in [6, 6.07) is 3.36. The molecular weight excluding hydrogens is 277 g/mol. The molecule has 0 bridgehead atoms. The van der Waals surface area contributed by atoms with Crippen LogP contribution in [0.5, 0.6) is 0 Å². The highest BCUT2D eigenvalue weighted by Gasteiger charge is 2.28. The quantitative estimate of drug-likeness (QED) is 0.631. The van der Waals surface area contributed by atoms with E-state index >= 15 is 0 Å².